The normalized spacial score (nSPS) is 11.1. The van der Waals surface area contributed by atoms with Gasteiger partial charge < -0.3 is 14.5 Å². The smallest absolute Gasteiger partial charge is 0.338 e. The number of nitro groups is 1. The van der Waals surface area contributed by atoms with Gasteiger partial charge in [0.05, 0.1) is 17.1 Å². The Morgan fingerprint density at radius 2 is 1.34 bits per heavy atom. The van der Waals surface area contributed by atoms with Gasteiger partial charge in [0.1, 0.15) is 6.54 Å². The summed E-state index contributed by atoms with van der Waals surface area (Å²) in [6, 6.07) is 21.0. The van der Waals surface area contributed by atoms with Gasteiger partial charge in [-0.3, -0.25) is 10.1 Å². The molecule has 0 N–H and O–H groups in total. The number of fused-ring (bicyclic) bond motifs is 2. The first-order valence-corrected chi connectivity index (χ1v) is 12.9. The molecule has 1 heterocycles. The third kappa shape index (κ3) is 6.19. The molecule has 1 aromatic heterocycles. The van der Waals surface area contributed by atoms with E-state index in [1.165, 1.54) is 57.4 Å². The number of anilines is 2. The van der Waals surface area contributed by atoms with Gasteiger partial charge in [-0.2, -0.15) is 4.57 Å². The number of rotatable bonds is 11. The van der Waals surface area contributed by atoms with Gasteiger partial charge in [-0.05, 0) is 61.7 Å². The highest BCUT2D eigenvalue weighted by atomic mass is 16.6. The molecular formula is C30H35N4O4+. The summed E-state index contributed by atoms with van der Waals surface area (Å²) in [6.07, 6.45) is 3.74. The molecule has 0 spiro atoms. The predicted octanol–water partition coefficient (Wildman–Crippen LogP) is 5.74. The number of nitrogens with zero attached hydrogens (tertiary/aromatic N) is 4. The minimum Gasteiger partial charge on any atom is -0.462 e. The van der Waals surface area contributed by atoms with Crippen LogP contribution in [0.1, 0.15) is 36.0 Å². The van der Waals surface area contributed by atoms with Gasteiger partial charge in [-0.25, -0.2) is 4.79 Å². The van der Waals surface area contributed by atoms with Crippen LogP contribution in [0, 0.1) is 10.1 Å². The van der Waals surface area contributed by atoms with E-state index in [0.717, 1.165) is 32.2 Å². The van der Waals surface area contributed by atoms with Crippen molar-refractivity contribution in [1.29, 1.82) is 0 Å². The fourth-order valence-corrected chi connectivity index (χ4v) is 4.56. The van der Waals surface area contributed by atoms with Crippen molar-refractivity contribution in [2.24, 2.45) is 0 Å². The number of aromatic nitrogens is 1. The Kier molecular flexibility index (Phi) is 8.41. The quantitative estimate of drug-likeness (QED) is 0.0633. The van der Waals surface area contributed by atoms with Crippen molar-refractivity contribution < 1.29 is 19.0 Å². The number of benzene rings is 3. The second-order valence-corrected chi connectivity index (χ2v) is 9.93. The third-order valence-electron chi connectivity index (χ3n) is 6.78. The summed E-state index contributed by atoms with van der Waals surface area (Å²) in [5.41, 5.74) is 5.06. The molecule has 4 rings (SSSR count). The summed E-state index contributed by atoms with van der Waals surface area (Å²) >= 11 is 0. The van der Waals surface area contributed by atoms with Crippen LogP contribution in [-0.4, -0.2) is 45.7 Å². The lowest BCUT2D eigenvalue weighted by molar-refractivity contribution is -0.645. The fourth-order valence-electron chi connectivity index (χ4n) is 4.56. The fraction of sp³-hybridized carbons (Fsp3) is 0.333. The van der Waals surface area contributed by atoms with Crippen LogP contribution in [0.5, 0.6) is 0 Å². The van der Waals surface area contributed by atoms with Crippen molar-refractivity contribution in [3.05, 3.63) is 82.4 Å². The van der Waals surface area contributed by atoms with E-state index in [1.54, 1.807) is 0 Å². The molecule has 0 aliphatic carbocycles. The molecule has 0 atom stereocenters. The van der Waals surface area contributed by atoms with Gasteiger partial charge in [0, 0.05) is 81.0 Å². The monoisotopic (exact) mass is 515 g/mol. The number of carbonyl (C=O) groups excluding carboxylic acids is 1. The predicted molar refractivity (Wildman–Crippen MR) is 152 cm³/mol. The van der Waals surface area contributed by atoms with Crippen molar-refractivity contribution in [3.63, 3.8) is 0 Å². The largest absolute Gasteiger partial charge is 0.462 e. The number of hydrogen-bond donors (Lipinski definition) is 0. The molecular weight excluding hydrogens is 480 g/mol. The average molecular weight is 516 g/mol. The number of pyridine rings is 1. The van der Waals surface area contributed by atoms with E-state index in [1.807, 2.05) is 0 Å². The van der Waals surface area contributed by atoms with Crippen LogP contribution in [-0.2, 0) is 11.3 Å². The molecule has 8 nitrogen and oxygen atoms in total. The molecule has 0 saturated carbocycles. The van der Waals surface area contributed by atoms with Gasteiger partial charge in [-0.1, -0.05) is 0 Å². The second-order valence-electron chi connectivity index (χ2n) is 9.93. The van der Waals surface area contributed by atoms with Gasteiger partial charge >= 0.3 is 5.97 Å². The molecule has 0 amide bonds. The maximum absolute atomic E-state index is 12.2. The van der Waals surface area contributed by atoms with Gasteiger partial charge in [-0.15, -0.1) is 0 Å². The van der Waals surface area contributed by atoms with Gasteiger partial charge in [0.25, 0.3) is 5.69 Å². The van der Waals surface area contributed by atoms with Crippen LogP contribution >= 0.6 is 0 Å². The topological polar surface area (TPSA) is 79.8 Å². The molecule has 0 unspecified atom stereocenters. The van der Waals surface area contributed by atoms with Crippen molar-refractivity contribution in [2.45, 2.75) is 32.2 Å². The van der Waals surface area contributed by atoms with Gasteiger partial charge in [0.2, 0.25) is 11.0 Å². The maximum Gasteiger partial charge on any atom is 0.338 e. The Morgan fingerprint density at radius 1 is 0.789 bits per heavy atom. The first kappa shape index (κ1) is 26.9. The number of aryl methyl sites for hydroxylation is 1. The lowest BCUT2D eigenvalue weighted by atomic mass is 10.1. The number of carbonyl (C=O) groups is 1. The Balaban J connectivity index is 1.39. The Hall–Kier alpha value is -4.20. The summed E-state index contributed by atoms with van der Waals surface area (Å²) in [4.78, 5) is 26.7. The Morgan fingerprint density at radius 3 is 1.87 bits per heavy atom. The van der Waals surface area contributed by atoms with Crippen LogP contribution in [0.4, 0.5) is 17.1 Å². The molecule has 198 valence electrons. The minimum absolute atomic E-state index is 0.0470. The Labute approximate surface area is 223 Å². The molecule has 0 fully saturated rings. The zero-order valence-electron chi connectivity index (χ0n) is 22.5. The summed E-state index contributed by atoms with van der Waals surface area (Å²) in [5, 5.41) is 13.2. The highest BCUT2D eigenvalue weighted by Gasteiger charge is 2.17. The number of esters is 1. The SMILES string of the molecule is CN(C)c1ccc2cc3ccc(N(C)C)cc3[n+](CCCCCCOC(=O)c3ccc([N+](=O)[O-])cc3)c2c1. The van der Waals surface area contributed by atoms with Crippen molar-refractivity contribution in [1.82, 2.24) is 0 Å². The molecule has 4 aromatic rings. The lowest BCUT2D eigenvalue weighted by Crippen LogP contribution is -2.36. The van der Waals surface area contributed by atoms with Crippen LogP contribution in [0.15, 0.2) is 66.7 Å². The summed E-state index contributed by atoms with van der Waals surface area (Å²) < 4.78 is 7.79. The minimum atomic E-state index is -0.489. The summed E-state index contributed by atoms with van der Waals surface area (Å²) in [5.74, 6) is -0.453. The van der Waals surface area contributed by atoms with E-state index < -0.39 is 10.9 Å². The number of unbranched alkanes of at least 4 members (excludes halogenated alkanes) is 3. The summed E-state index contributed by atoms with van der Waals surface area (Å²) in [7, 11) is 8.24. The number of nitro benzene ring substituents is 1. The van der Waals surface area contributed by atoms with Crippen molar-refractivity contribution >= 4 is 44.8 Å². The summed E-state index contributed by atoms with van der Waals surface area (Å²) in [6.45, 7) is 1.22. The van der Waals surface area contributed by atoms with E-state index >= 15 is 0 Å². The molecule has 0 aliphatic heterocycles. The van der Waals surface area contributed by atoms with E-state index in [0.29, 0.717) is 12.2 Å². The number of ether oxygens (including phenoxy) is 1. The second kappa shape index (κ2) is 11.9. The third-order valence-corrected chi connectivity index (χ3v) is 6.78. The zero-order chi connectivity index (χ0) is 27.2. The first-order valence-electron chi connectivity index (χ1n) is 12.9. The molecule has 0 bridgehead atoms. The number of non-ortho nitro benzene ring substituents is 1. The van der Waals surface area contributed by atoms with E-state index in [9.17, 15) is 14.9 Å². The van der Waals surface area contributed by atoms with E-state index in [-0.39, 0.29) is 5.69 Å². The molecule has 38 heavy (non-hydrogen) atoms. The van der Waals surface area contributed by atoms with Gasteiger partial charge in [0.15, 0.2) is 0 Å². The molecule has 3 aromatic carbocycles. The van der Waals surface area contributed by atoms with Crippen LogP contribution in [0.25, 0.3) is 21.8 Å². The van der Waals surface area contributed by atoms with Crippen molar-refractivity contribution in [2.75, 3.05) is 44.6 Å². The van der Waals surface area contributed by atoms with Crippen LogP contribution < -0.4 is 14.4 Å². The highest BCUT2D eigenvalue weighted by Crippen LogP contribution is 2.25. The van der Waals surface area contributed by atoms with Crippen molar-refractivity contribution in [3.8, 4) is 0 Å². The molecule has 0 radical (unpaired) electrons. The number of hydrogen-bond acceptors (Lipinski definition) is 6. The maximum atomic E-state index is 12.2. The van der Waals surface area contributed by atoms with E-state index in [2.05, 4.69) is 85.0 Å². The zero-order valence-corrected chi connectivity index (χ0v) is 22.5. The molecule has 0 aliphatic rings. The first-order chi connectivity index (χ1) is 18.2. The average Bonchev–Trinajstić information content (AvgIpc) is 2.91. The Bertz CT molecular complexity index is 1380. The van der Waals surface area contributed by atoms with Crippen LogP contribution in [0.3, 0.4) is 0 Å². The molecule has 0 saturated heterocycles. The van der Waals surface area contributed by atoms with E-state index in [4.69, 9.17) is 4.74 Å². The molecule has 8 heteroatoms. The van der Waals surface area contributed by atoms with Crippen LogP contribution in [0.2, 0.25) is 0 Å². The lowest BCUT2D eigenvalue weighted by Gasteiger charge is -2.15. The standard InChI is InChI=1S/C30H35N4O4/c1-31(2)26-15-11-23-19-24-12-16-27(32(3)4)21-29(24)33(28(23)20-26)17-7-5-6-8-18-38-30(35)22-9-13-25(14-10-22)34(36)37/h9-16,19-21H,5-8,17-18H2,1-4H3/q+1. The highest BCUT2D eigenvalue weighted by molar-refractivity contribution is 5.91.